The Morgan fingerprint density at radius 1 is 1.43 bits per heavy atom. The predicted molar refractivity (Wildman–Crippen MR) is 95.9 cm³/mol. The number of nitrogens with zero attached hydrogens (tertiary/aromatic N) is 1. The molecule has 2 unspecified atom stereocenters. The second-order valence-electron chi connectivity index (χ2n) is 6.38. The van der Waals surface area contributed by atoms with Crippen molar-refractivity contribution in [3.8, 4) is 0 Å². The number of nitrogens with one attached hydrogen (secondary N) is 1. The van der Waals surface area contributed by atoms with Crippen LogP contribution in [0.5, 0.6) is 0 Å². The van der Waals surface area contributed by atoms with Gasteiger partial charge in [-0.05, 0) is 30.2 Å². The molecule has 3 heteroatoms. The Bertz CT molecular complexity index is 526. The molecule has 1 fully saturated rings. The quantitative estimate of drug-likeness (QED) is 0.502. The van der Waals surface area contributed by atoms with Crippen LogP contribution in [0.3, 0.4) is 0 Å². The third kappa shape index (κ3) is 5.07. The van der Waals surface area contributed by atoms with Gasteiger partial charge in [-0.25, -0.2) is 0 Å². The highest BCUT2D eigenvalue weighted by Gasteiger charge is 2.37. The Morgan fingerprint density at radius 2 is 2.17 bits per heavy atom. The number of allylic oxidation sites excluding steroid dienone is 1. The molecular formula is C20H28N2O. The number of rotatable bonds is 11. The maximum absolute atomic E-state index is 10.7. The third-order valence-electron chi connectivity index (χ3n) is 4.73. The van der Waals surface area contributed by atoms with Gasteiger partial charge < -0.3 is 5.32 Å². The summed E-state index contributed by atoms with van der Waals surface area (Å²) < 4.78 is 0. The van der Waals surface area contributed by atoms with Crippen LogP contribution in [-0.4, -0.2) is 30.4 Å². The SMILES string of the molecule is C=CC1CC1C(=C)CN(Cc1ccccc1)[C@@H](CC)CNC=O. The highest BCUT2D eigenvalue weighted by molar-refractivity contribution is 5.45. The molecule has 2 rings (SSSR count). The van der Waals surface area contributed by atoms with Crippen LogP contribution in [0.1, 0.15) is 25.3 Å². The lowest BCUT2D eigenvalue weighted by molar-refractivity contribution is -0.109. The second kappa shape index (κ2) is 8.68. The van der Waals surface area contributed by atoms with E-state index >= 15 is 0 Å². The van der Waals surface area contributed by atoms with Crippen LogP contribution in [0.2, 0.25) is 0 Å². The minimum absolute atomic E-state index is 0.318. The fraction of sp³-hybridized carbons (Fsp3) is 0.450. The van der Waals surface area contributed by atoms with Crippen molar-refractivity contribution in [2.45, 2.75) is 32.4 Å². The lowest BCUT2D eigenvalue weighted by Crippen LogP contribution is -2.42. The molecule has 1 N–H and O–H groups in total. The van der Waals surface area contributed by atoms with E-state index in [4.69, 9.17) is 0 Å². The first-order valence-corrected chi connectivity index (χ1v) is 8.44. The van der Waals surface area contributed by atoms with Crippen molar-refractivity contribution in [1.82, 2.24) is 10.2 Å². The van der Waals surface area contributed by atoms with Crippen LogP contribution in [0.25, 0.3) is 0 Å². The van der Waals surface area contributed by atoms with Gasteiger partial charge in [-0.1, -0.05) is 55.5 Å². The molecule has 0 aliphatic heterocycles. The van der Waals surface area contributed by atoms with Crippen molar-refractivity contribution < 1.29 is 4.79 Å². The predicted octanol–water partition coefficient (Wildman–Crippen LogP) is 3.39. The van der Waals surface area contributed by atoms with Gasteiger partial charge in [0.05, 0.1) is 0 Å². The first kappa shape index (κ1) is 17.5. The summed E-state index contributed by atoms with van der Waals surface area (Å²) >= 11 is 0. The average molecular weight is 312 g/mol. The van der Waals surface area contributed by atoms with E-state index in [2.05, 4.69) is 54.6 Å². The molecule has 3 atom stereocenters. The minimum Gasteiger partial charge on any atom is -0.357 e. The van der Waals surface area contributed by atoms with Crippen LogP contribution in [-0.2, 0) is 11.3 Å². The summed E-state index contributed by atoms with van der Waals surface area (Å²) in [4.78, 5) is 13.1. The van der Waals surface area contributed by atoms with Crippen LogP contribution in [0, 0.1) is 11.8 Å². The molecule has 23 heavy (non-hydrogen) atoms. The molecule has 1 aromatic rings. The zero-order valence-electron chi connectivity index (χ0n) is 14.1. The molecule has 1 aliphatic carbocycles. The van der Waals surface area contributed by atoms with E-state index in [9.17, 15) is 4.79 Å². The van der Waals surface area contributed by atoms with Crippen molar-refractivity contribution in [2.75, 3.05) is 13.1 Å². The van der Waals surface area contributed by atoms with Gasteiger partial charge in [-0.15, -0.1) is 6.58 Å². The van der Waals surface area contributed by atoms with E-state index in [0.29, 0.717) is 24.4 Å². The van der Waals surface area contributed by atoms with E-state index in [1.165, 1.54) is 17.6 Å². The largest absolute Gasteiger partial charge is 0.357 e. The topological polar surface area (TPSA) is 32.3 Å². The average Bonchev–Trinajstić information content (AvgIpc) is 3.36. The van der Waals surface area contributed by atoms with Crippen LogP contribution < -0.4 is 5.32 Å². The number of benzene rings is 1. The van der Waals surface area contributed by atoms with Gasteiger partial charge in [0, 0.05) is 25.7 Å². The van der Waals surface area contributed by atoms with Crippen LogP contribution >= 0.6 is 0 Å². The summed E-state index contributed by atoms with van der Waals surface area (Å²) in [5, 5.41) is 2.84. The normalized spacial score (nSPS) is 20.8. The molecule has 3 nitrogen and oxygen atoms in total. The lowest BCUT2D eigenvalue weighted by Gasteiger charge is -2.32. The summed E-state index contributed by atoms with van der Waals surface area (Å²) in [6.07, 6.45) is 5.01. The van der Waals surface area contributed by atoms with E-state index in [-0.39, 0.29) is 0 Å². The zero-order valence-corrected chi connectivity index (χ0v) is 14.1. The number of carbonyl (C=O) groups is 1. The maximum Gasteiger partial charge on any atom is 0.207 e. The minimum atomic E-state index is 0.318. The molecule has 0 bridgehead atoms. The van der Waals surface area contributed by atoms with Crippen LogP contribution in [0.15, 0.2) is 55.1 Å². The fourth-order valence-electron chi connectivity index (χ4n) is 3.17. The van der Waals surface area contributed by atoms with Gasteiger partial charge in [-0.3, -0.25) is 9.69 Å². The smallest absolute Gasteiger partial charge is 0.207 e. The summed E-state index contributed by atoms with van der Waals surface area (Å²) in [5.41, 5.74) is 2.58. The summed E-state index contributed by atoms with van der Waals surface area (Å²) in [6.45, 7) is 12.8. The molecule has 1 aromatic carbocycles. The van der Waals surface area contributed by atoms with E-state index in [0.717, 1.165) is 25.9 Å². The molecule has 1 amide bonds. The molecule has 0 spiro atoms. The van der Waals surface area contributed by atoms with E-state index < -0.39 is 0 Å². The Balaban J connectivity index is 2.04. The lowest BCUT2D eigenvalue weighted by atomic mass is 10.1. The molecule has 1 saturated carbocycles. The number of hydrogen-bond donors (Lipinski definition) is 1. The van der Waals surface area contributed by atoms with E-state index in [1.807, 2.05) is 12.1 Å². The monoisotopic (exact) mass is 312 g/mol. The van der Waals surface area contributed by atoms with Gasteiger partial charge in [0.15, 0.2) is 0 Å². The molecule has 0 aromatic heterocycles. The summed E-state index contributed by atoms with van der Waals surface area (Å²) in [6, 6.07) is 10.8. The Labute approximate surface area is 140 Å². The maximum atomic E-state index is 10.7. The Morgan fingerprint density at radius 3 is 2.74 bits per heavy atom. The molecule has 1 aliphatic rings. The zero-order chi connectivity index (χ0) is 16.7. The number of hydrogen-bond acceptors (Lipinski definition) is 2. The van der Waals surface area contributed by atoms with Crippen molar-refractivity contribution in [3.63, 3.8) is 0 Å². The standard InChI is InChI=1S/C20H28N2O/c1-4-18-11-20(18)16(3)13-22(19(5-2)12-21-15-23)14-17-9-7-6-8-10-17/h4,6-10,15,18-20H,1,3,5,11-14H2,2H3,(H,21,23)/t18?,19-,20?/m0/s1. The fourth-order valence-corrected chi connectivity index (χ4v) is 3.17. The van der Waals surface area contributed by atoms with Gasteiger partial charge in [0.25, 0.3) is 0 Å². The van der Waals surface area contributed by atoms with Gasteiger partial charge in [0.1, 0.15) is 0 Å². The first-order valence-electron chi connectivity index (χ1n) is 8.44. The number of amides is 1. The van der Waals surface area contributed by atoms with E-state index in [1.54, 1.807) is 0 Å². The van der Waals surface area contributed by atoms with Gasteiger partial charge in [0.2, 0.25) is 6.41 Å². The first-order chi connectivity index (χ1) is 11.2. The summed E-state index contributed by atoms with van der Waals surface area (Å²) in [7, 11) is 0. The van der Waals surface area contributed by atoms with Crippen molar-refractivity contribution >= 4 is 6.41 Å². The molecule has 124 valence electrons. The molecule has 0 radical (unpaired) electrons. The third-order valence-corrected chi connectivity index (χ3v) is 4.73. The van der Waals surface area contributed by atoms with Crippen molar-refractivity contribution in [2.24, 2.45) is 11.8 Å². The van der Waals surface area contributed by atoms with Crippen molar-refractivity contribution in [3.05, 3.63) is 60.7 Å². The number of carbonyl (C=O) groups excluding carboxylic acids is 1. The highest BCUT2D eigenvalue weighted by atomic mass is 16.1. The second-order valence-corrected chi connectivity index (χ2v) is 6.38. The van der Waals surface area contributed by atoms with Gasteiger partial charge in [-0.2, -0.15) is 0 Å². The molecule has 0 heterocycles. The van der Waals surface area contributed by atoms with Crippen molar-refractivity contribution in [1.29, 1.82) is 0 Å². The highest BCUT2D eigenvalue weighted by Crippen LogP contribution is 2.44. The molecule has 0 saturated heterocycles. The molecular weight excluding hydrogens is 284 g/mol. The Kier molecular flexibility index (Phi) is 6.60. The van der Waals surface area contributed by atoms with Gasteiger partial charge >= 0.3 is 0 Å². The Hall–Kier alpha value is -1.87. The summed E-state index contributed by atoms with van der Waals surface area (Å²) in [5.74, 6) is 1.19. The van der Waals surface area contributed by atoms with Crippen LogP contribution in [0.4, 0.5) is 0 Å².